The average molecular weight is 237 g/mol. The minimum atomic E-state index is -1.10. The third-order valence-corrected chi connectivity index (χ3v) is 2.45. The quantitative estimate of drug-likeness (QED) is 0.745. The summed E-state index contributed by atoms with van der Waals surface area (Å²) in [5.74, 6) is -1.97. The molecule has 3 N–H and O–H groups in total. The number of carboxylic acids is 2. The van der Waals surface area contributed by atoms with Crippen LogP contribution in [0.3, 0.4) is 0 Å². The van der Waals surface area contributed by atoms with Crippen LogP contribution in [0, 0.1) is 6.92 Å². The first-order chi connectivity index (χ1) is 7.74. The summed E-state index contributed by atoms with van der Waals surface area (Å²) in [7, 11) is 0. The van der Waals surface area contributed by atoms with Crippen molar-refractivity contribution >= 4 is 17.6 Å². The zero-order valence-electron chi connectivity index (χ0n) is 9.94. The van der Waals surface area contributed by atoms with Crippen LogP contribution in [0.4, 0.5) is 5.69 Å². The molecule has 0 aliphatic carbocycles. The summed E-state index contributed by atoms with van der Waals surface area (Å²) in [5.41, 5.74) is 0.282. The molecule has 0 saturated carbocycles. The van der Waals surface area contributed by atoms with Gasteiger partial charge in [0.25, 0.3) is 0 Å². The highest BCUT2D eigenvalue weighted by molar-refractivity contribution is 5.90. The monoisotopic (exact) mass is 237 g/mol. The summed E-state index contributed by atoms with van der Waals surface area (Å²) in [6.07, 6.45) is 0. The fourth-order valence-electron chi connectivity index (χ4n) is 1.40. The summed E-state index contributed by atoms with van der Waals surface area (Å²) in [6.45, 7) is 4.74. The second kappa shape index (κ2) is 4.45. The summed E-state index contributed by atoms with van der Waals surface area (Å²) in [5, 5.41) is 20.7. The number of rotatable bonds is 4. The van der Waals surface area contributed by atoms with Crippen molar-refractivity contribution in [3.8, 4) is 0 Å². The molecule has 0 aliphatic heterocycles. The summed E-state index contributed by atoms with van der Waals surface area (Å²) in [4.78, 5) is 21.7. The number of benzene rings is 1. The molecule has 17 heavy (non-hydrogen) atoms. The standard InChI is InChI=1S/C12H15NO4/c1-7-6-8(4-5-9(7)10(14)15)13-12(2,3)11(16)17/h4-6,13H,1-3H3,(H,14,15)(H,16,17). The summed E-state index contributed by atoms with van der Waals surface area (Å²) in [6, 6.07) is 4.63. The molecular weight excluding hydrogens is 222 g/mol. The van der Waals surface area contributed by atoms with Crippen LogP contribution < -0.4 is 5.32 Å². The van der Waals surface area contributed by atoms with E-state index in [1.165, 1.54) is 19.9 Å². The smallest absolute Gasteiger partial charge is 0.335 e. The largest absolute Gasteiger partial charge is 0.480 e. The van der Waals surface area contributed by atoms with Gasteiger partial charge in [0.05, 0.1) is 5.56 Å². The molecule has 0 atom stereocenters. The van der Waals surface area contributed by atoms with E-state index in [1.54, 1.807) is 19.1 Å². The molecule has 0 spiro atoms. The highest BCUT2D eigenvalue weighted by Gasteiger charge is 2.26. The van der Waals surface area contributed by atoms with Gasteiger partial charge in [0, 0.05) is 5.69 Å². The van der Waals surface area contributed by atoms with Crippen LogP contribution in [0.5, 0.6) is 0 Å². The second-order valence-corrected chi connectivity index (χ2v) is 4.39. The number of aryl methyl sites for hydroxylation is 1. The first-order valence-electron chi connectivity index (χ1n) is 5.09. The molecule has 1 aromatic carbocycles. The van der Waals surface area contributed by atoms with Crippen LogP contribution in [0.25, 0.3) is 0 Å². The molecule has 0 saturated heterocycles. The van der Waals surface area contributed by atoms with E-state index in [4.69, 9.17) is 10.2 Å². The van der Waals surface area contributed by atoms with E-state index in [-0.39, 0.29) is 5.56 Å². The Morgan fingerprint density at radius 2 is 1.82 bits per heavy atom. The molecule has 0 radical (unpaired) electrons. The van der Waals surface area contributed by atoms with E-state index in [2.05, 4.69) is 5.32 Å². The Hall–Kier alpha value is -2.04. The molecule has 0 fully saturated rings. The van der Waals surface area contributed by atoms with Crippen molar-refractivity contribution in [3.05, 3.63) is 29.3 Å². The minimum absolute atomic E-state index is 0.212. The van der Waals surface area contributed by atoms with Gasteiger partial charge in [0.1, 0.15) is 5.54 Å². The fraction of sp³-hybridized carbons (Fsp3) is 0.333. The number of aliphatic carboxylic acids is 1. The van der Waals surface area contributed by atoms with E-state index in [0.29, 0.717) is 11.3 Å². The van der Waals surface area contributed by atoms with E-state index >= 15 is 0 Å². The number of hydrogen-bond donors (Lipinski definition) is 3. The predicted molar refractivity (Wildman–Crippen MR) is 63.5 cm³/mol. The molecule has 0 heterocycles. The first kappa shape index (κ1) is 13.0. The molecule has 0 unspecified atom stereocenters. The van der Waals surface area contributed by atoms with Gasteiger partial charge >= 0.3 is 11.9 Å². The van der Waals surface area contributed by atoms with Crippen LogP contribution in [0.15, 0.2) is 18.2 Å². The van der Waals surface area contributed by atoms with Gasteiger partial charge in [-0.05, 0) is 44.5 Å². The van der Waals surface area contributed by atoms with Gasteiger partial charge < -0.3 is 15.5 Å². The van der Waals surface area contributed by atoms with Gasteiger partial charge in [-0.3, -0.25) is 0 Å². The number of hydrogen-bond acceptors (Lipinski definition) is 3. The Labute approximate surface area is 99.1 Å². The molecular formula is C12H15NO4. The van der Waals surface area contributed by atoms with E-state index in [1.807, 2.05) is 0 Å². The van der Waals surface area contributed by atoms with Gasteiger partial charge in [-0.1, -0.05) is 0 Å². The van der Waals surface area contributed by atoms with Crippen molar-refractivity contribution in [2.45, 2.75) is 26.3 Å². The van der Waals surface area contributed by atoms with Crippen LogP contribution in [0.2, 0.25) is 0 Å². The van der Waals surface area contributed by atoms with Gasteiger partial charge in [-0.2, -0.15) is 0 Å². The first-order valence-corrected chi connectivity index (χ1v) is 5.09. The van der Waals surface area contributed by atoms with Crippen molar-refractivity contribution in [2.75, 3.05) is 5.32 Å². The second-order valence-electron chi connectivity index (χ2n) is 4.39. The van der Waals surface area contributed by atoms with Crippen LogP contribution in [0.1, 0.15) is 29.8 Å². The lowest BCUT2D eigenvalue weighted by Crippen LogP contribution is -2.39. The highest BCUT2D eigenvalue weighted by atomic mass is 16.4. The predicted octanol–water partition coefficient (Wildman–Crippen LogP) is 1.97. The number of carboxylic acid groups (broad SMARTS) is 2. The third kappa shape index (κ3) is 2.96. The van der Waals surface area contributed by atoms with Crippen molar-refractivity contribution in [3.63, 3.8) is 0 Å². The van der Waals surface area contributed by atoms with Crippen LogP contribution >= 0.6 is 0 Å². The maximum absolute atomic E-state index is 10.9. The van der Waals surface area contributed by atoms with E-state index in [9.17, 15) is 9.59 Å². The minimum Gasteiger partial charge on any atom is -0.480 e. The highest BCUT2D eigenvalue weighted by Crippen LogP contribution is 2.19. The van der Waals surface area contributed by atoms with Crippen LogP contribution in [-0.4, -0.2) is 27.7 Å². The average Bonchev–Trinajstić information content (AvgIpc) is 2.15. The normalized spacial score (nSPS) is 11.0. The van der Waals surface area contributed by atoms with Crippen molar-refractivity contribution in [1.82, 2.24) is 0 Å². The van der Waals surface area contributed by atoms with Gasteiger partial charge in [0.2, 0.25) is 0 Å². The van der Waals surface area contributed by atoms with E-state index < -0.39 is 17.5 Å². The molecule has 0 aliphatic rings. The maximum atomic E-state index is 10.9. The lowest BCUT2D eigenvalue weighted by molar-refractivity contribution is -0.141. The third-order valence-electron chi connectivity index (χ3n) is 2.45. The Balaban J connectivity index is 2.99. The zero-order valence-corrected chi connectivity index (χ0v) is 9.94. The summed E-state index contributed by atoms with van der Waals surface area (Å²) < 4.78 is 0. The maximum Gasteiger partial charge on any atom is 0.335 e. The Morgan fingerprint density at radius 1 is 1.24 bits per heavy atom. The Morgan fingerprint density at radius 3 is 2.24 bits per heavy atom. The summed E-state index contributed by atoms with van der Waals surface area (Å²) >= 11 is 0. The van der Waals surface area contributed by atoms with Crippen molar-refractivity contribution < 1.29 is 19.8 Å². The fourth-order valence-corrected chi connectivity index (χ4v) is 1.40. The van der Waals surface area contributed by atoms with Gasteiger partial charge in [0.15, 0.2) is 0 Å². The van der Waals surface area contributed by atoms with Gasteiger partial charge in [-0.15, -0.1) is 0 Å². The van der Waals surface area contributed by atoms with Crippen molar-refractivity contribution in [1.29, 1.82) is 0 Å². The van der Waals surface area contributed by atoms with Gasteiger partial charge in [-0.25, -0.2) is 9.59 Å². The molecule has 0 amide bonds. The van der Waals surface area contributed by atoms with Crippen molar-refractivity contribution in [2.24, 2.45) is 0 Å². The number of carbonyl (C=O) groups is 2. The molecule has 0 aromatic heterocycles. The molecule has 1 aromatic rings. The molecule has 5 heteroatoms. The molecule has 5 nitrogen and oxygen atoms in total. The number of aromatic carboxylic acids is 1. The van der Waals surface area contributed by atoms with Crippen LogP contribution in [-0.2, 0) is 4.79 Å². The topological polar surface area (TPSA) is 86.6 Å². The Kier molecular flexibility index (Phi) is 3.41. The van der Waals surface area contributed by atoms with E-state index in [0.717, 1.165) is 0 Å². The lowest BCUT2D eigenvalue weighted by atomic mass is 10.0. The molecule has 0 bridgehead atoms. The SMILES string of the molecule is Cc1cc(NC(C)(C)C(=O)O)ccc1C(=O)O. The lowest BCUT2D eigenvalue weighted by Gasteiger charge is -2.22. The zero-order chi connectivity index (χ0) is 13.2. The molecule has 92 valence electrons. The molecule has 1 rings (SSSR count). The Bertz CT molecular complexity index is 466. The number of nitrogens with one attached hydrogen (secondary N) is 1. The number of anilines is 1.